The van der Waals surface area contributed by atoms with Crippen molar-refractivity contribution in [1.29, 1.82) is 0 Å². The van der Waals surface area contributed by atoms with Crippen LogP contribution in [-0.2, 0) is 14.3 Å². The molecule has 10 nitrogen and oxygen atoms in total. The first-order valence-electron chi connectivity index (χ1n) is 14.9. The van der Waals surface area contributed by atoms with E-state index in [1.54, 1.807) is 30.3 Å². The lowest BCUT2D eigenvalue weighted by atomic mass is 10.00. The Kier molecular flexibility index (Phi) is 9.93. The number of hydrogen-bond acceptors (Lipinski definition) is 8. The summed E-state index contributed by atoms with van der Waals surface area (Å²) in [6, 6.07) is 21.7. The summed E-state index contributed by atoms with van der Waals surface area (Å²) in [6.45, 7) is 9.10. The lowest BCUT2D eigenvalue weighted by Gasteiger charge is -2.20. The molecule has 1 unspecified atom stereocenters. The molecule has 0 saturated carbocycles. The van der Waals surface area contributed by atoms with Crippen molar-refractivity contribution in [3.63, 3.8) is 0 Å². The number of ether oxygens (including phenoxy) is 3. The van der Waals surface area contributed by atoms with E-state index in [2.05, 4.69) is 34.1 Å². The average Bonchev–Trinajstić information content (AvgIpc) is 3.65. The minimum absolute atomic E-state index is 0.0258. The van der Waals surface area contributed by atoms with Crippen LogP contribution in [0.4, 0.5) is 16.2 Å². The van der Waals surface area contributed by atoms with Crippen LogP contribution in [0.3, 0.4) is 0 Å². The first kappa shape index (κ1) is 30.8. The van der Waals surface area contributed by atoms with E-state index in [1.165, 1.54) is 7.11 Å². The summed E-state index contributed by atoms with van der Waals surface area (Å²) in [7, 11) is 1.23. The Morgan fingerprint density at radius 1 is 1.00 bits per heavy atom. The third kappa shape index (κ3) is 7.10. The number of carbonyl (C=O) groups excluding carboxylic acids is 3. The number of likely N-dealkylation sites (tertiary alicyclic amines) is 1. The molecule has 2 N–H and O–H groups in total. The van der Waals surface area contributed by atoms with Crippen LogP contribution < -0.4 is 15.4 Å². The number of amides is 2. The van der Waals surface area contributed by atoms with Crippen LogP contribution in [0.25, 0.3) is 11.3 Å². The Hall–Kier alpha value is -4.67. The summed E-state index contributed by atoms with van der Waals surface area (Å²) in [6.07, 6.45) is 0.0405. The molecule has 1 fully saturated rings. The number of anilines is 2. The van der Waals surface area contributed by atoms with Crippen LogP contribution in [-0.4, -0.2) is 80.3 Å². The van der Waals surface area contributed by atoms with Crippen LogP contribution in [0.2, 0.25) is 0 Å². The van der Waals surface area contributed by atoms with Gasteiger partial charge in [-0.2, -0.15) is 0 Å². The number of fused-ring (bicyclic) bond motifs is 1. The van der Waals surface area contributed by atoms with Gasteiger partial charge in [-0.05, 0) is 61.5 Å². The van der Waals surface area contributed by atoms with Crippen molar-refractivity contribution in [2.45, 2.75) is 26.4 Å². The van der Waals surface area contributed by atoms with Crippen molar-refractivity contribution >= 4 is 40.6 Å². The molecule has 0 bridgehead atoms. The van der Waals surface area contributed by atoms with Crippen LogP contribution >= 0.6 is 0 Å². The van der Waals surface area contributed by atoms with E-state index in [9.17, 15) is 14.4 Å². The molecule has 230 valence electrons. The molecule has 0 aromatic heterocycles. The van der Waals surface area contributed by atoms with Crippen LogP contribution in [0.15, 0.2) is 72.8 Å². The van der Waals surface area contributed by atoms with E-state index < -0.39 is 6.16 Å². The molecule has 2 aliphatic rings. The minimum atomic E-state index is -0.845. The van der Waals surface area contributed by atoms with Gasteiger partial charge in [0.05, 0.1) is 36.8 Å². The molecule has 0 spiro atoms. The molecular formula is C34H38N4O6. The second kappa shape index (κ2) is 14.2. The molecule has 2 aliphatic heterocycles. The number of methoxy groups -OCH3 is 1. The van der Waals surface area contributed by atoms with Gasteiger partial charge in [0.1, 0.15) is 5.75 Å². The summed E-state index contributed by atoms with van der Waals surface area (Å²) in [5.74, 6) is -0.0690. The predicted molar refractivity (Wildman–Crippen MR) is 169 cm³/mol. The fraction of sp³-hybridized carbons (Fsp3) is 0.324. The highest BCUT2D eigenvalue weighted by Crippen LogP contribution is 2.39. The van der Waals surface area contributed by atoms with Crippen molar-refractivity contribution in [1.82, 2.24) is 9.80 Å². The standard InChI is InChI=1S/C34H38N4O6/c1-4-37(5-2)19-20-43-27-17-18-38(22-27)33(40)24-11-13-25(14-12-24)35-31(23-9-7-6-8-10-23)30-28-16-15-26(44-34(41)42-3)21-29(28)36-32(30)39/h6-16,21,27,35H,4-5,17-20,22H2,1-3H3,(H,36,39)/b31-30-. The normalized spacial score (nSPS) is 16.9. The lowest BCUT2D eigenvalue weighted by Crippen LogP contribution is -2.32. The number of likely N-dealkylation sites (N-methyl/N-ethyl adjacent to an activating group) is 1. The Bertz CT molecular complexity index is 1520. The number of hydrogen-bond donors (Lipinski definition) is 2. The summed E-state index contributed by atoms with van der Waals surface area (Å²) in [5, 5.41) is 6.28. The first-order valence-corrected chi connectivity index (χ1v) is 14.9. The molecule has 1 saturated heterocycles. The number of benzene rings is 3. The maximum Gasteiger partial charge on any atom is 0.513 e. The third-order valence-corrected chi connectivity index (χ3v) is 7.90. The molecule has 10 heteroatoms. The number of carbonyl (C=O) groups is 3. The fourth-order valence-corrected chi connectivity index (χ4v) is 5.45. The van der Waals surface area contributed by atoms with E-state index in [0.717, 1.165) is 37.3 Å². The van der Waals surface area contributed by atoms with Crippen molar-refractivity contribution in [2.75, 3.05) is 57.1 Å². The zero-order chi connectivity index (χ0) is 31.1. The average molecular weight is 599 g/mol. The Balaban J connectivity index is 1.31. The van der Waals surface area contributed by atoms with Crippen molar-refractivity contribution in [3.05, 3.63) is 89.5 Å². The molecule has 3 aromatic rings. The van der Waals surface area contributed by atoms with Gasteiger partial charge in [-0.25, -0.2) is 4.79 Å². The number of nitrogens with one attached hydrogen (secondary N) is 2. The highest BCUT2D eigenvalue weighted by molar-refractivity contribution is 6.37. The Morgan fingerprint density at radius 2 is 1.75 bits per heavy atom. The monoisotopic (exact) mass is 598 g/mol. The highest BCUT2D eigenvalue weighted by atomic mass is 16.7. The summed E-state index contributed by atoms with van der Waals surface area (Å²) < 4.78 is 15.7. The van der Waals surface area contributed by atoms with E-state index in [4.69, 9.17) is 9.47 Å². The highest BCUT2D eigenvalue weighted by Gasteiger charge is 2.30. The molecular weight excluding hydrogens is 560 g/mol. The lowest BCUT2D eigenvalue weighted by molar-refractivity contribution is -0.110. The number of rotatable bonds is 11. The minimum Gasteiger partial charge on any atom is -0.437 e. The van der Waals surface area contributed by atoms with E-state index in [-0.39, 0.29) is 23.7 Å². The van der Waals surface area contributed by atoms with Gasteiger partial charge in [0.15, 0.2) is 0 Å². The molecule has 0 aliphatic carbocycles. The van der Waals surface area contributed by atoms with Crippen LogP contribution in [0.5, 0.6) is 5.75 Å². The van der Waals surface area contributed by atoms with Gasteiger partial charge < -0.3 is 34.6 Å². The van der Waals surface area contributed by atoms with Crippen LogP contribution in [0, 0.1) is 0 Å². The van der Waals surface area contributed by atoms with Gasteiger partial charge in [0.25, 0.3) is 11.8 Å². The molecule has 5 rings (SSSR count). The summed E-state index contributed by atoms with van der Waals surface area (Å²) in [5.41, 5.74) is 4.35. The molecule has 2 amide bonds. The van der Waals surface area contributed by atoms with Gasteiger partial charge in [-0.15, -0.1) is 0 Å². The molecule has 44 heavy (non-hydrogen) atoms. The van der Waals surface area contributed by atoms with Gasteiger partial charge in [-0.3, -0.25) is 9.59 Å². The Morgan fingerprint density at radius 3 is 2.45 bits per heavy atom. The SMILES string of the molecule is CCN(CC)CCOC1CCN(C(=O)c2ccc(N/C(=C3\C(=O)Nc4cc(OC(=O)OC)ccc43)c3ccccc3)cc2)C1. The van der Waals surface area contributed by atoms with Gasteiger partial charge in [0.2, 0.25) is 0 Å². The van der Waals surface area contributed by atoms with E-state index in [0.29, 0.717) is 47.8 Å². The molecule has 2 heterocycles. The van der Waals surface area contributed by atoms with Gasteiger partial charge >= 0.3 is 6.16 Å². The van der Waals surface area contributed by atoms with E-state index in [1.807, 2.05) is 47.4 Å². The second-order valence-corrected chi connectivity index (χ2v) is 10.6. The van der Waals surface area contributed by atoms with Crippen LogP contribution in [0.1, 0.15) is 41.8 Å². The van der Waals surface area contributed by atoms with E-state index >= 15 is 0 Å². The smallest absolute Gasteiger partial charge is 0.437 e. The number of nitrogens with zero attached hydrogens (tertiary/aromatic N) is 2. The third-order valence-electron chi connectivity index (χ3n) is 7.90. The topological polar surface area (TPSA) is 109 Å². The first-order chi connectivity index (χ1) is 21.4. The second-order valence-electron chi connectivity index (χ2n) is 10.6. The quantitative estimate of drug-likeness (QED) is 0.173. The van der Waals surface area contributed by atoms with Gasteiger partial charge in [-0.1, -0.05) is 44.2 Å². The Labute approximate surface area is 257 Å². The molecule has 3 aromatic carbocycles. The summed E-state index contributed by atoms with van der Waals surface area (Å²) >= 11 is 0. The molecule has 0 radical (unpaired) electrons. The largest absolute Gasteiger partial charge is 0.513 e. The maximum atomic E-state index is 13.3. The van der Waals surface area contributed by atoms with Gasteiger partial charge in [0, 0.05) is 42.5 Å². The van der Waals surface area contributed by atoms with Crippen molar-refractivity contribution in [3.8, 4) is 5.75 Å². The van der Waals surface area contributed by atoms with Crippen molar-refractivity contribution in [2.24, 2.45) is 0 Å². The fourth-order valence-electron chi connectivity index (χ4n) is 5.45. The molecule has 1 atom stereocenters. The maximum absolute atomic E-state index is 13.3. The van der Waals surface area contributed by atoms with Crippen molar-refractivity contribution < 1.29 is 28.6 Å². The zero-order valence-corrected chi connectivity index (χ0v) is 25.3. The summed E-state index contributed by atoms with van der Waals surface area (Å²) in [4.78, 5) is 42.3. The predicted octanol–water partition coefficient (Wildman–Crippen LogP) is 5.34. The zero-order valence-electron chi connectivity index (χ0n) is 25.3.